The summed E-state index contributed by atoms with van der Waals surface area (Å²) in [6, 6.07) is 11.9. The average molecular weight is 307 g/mol. The molecule has 5 nitrogen and oxygen atoms in total. The number of benzene rings is 1. The zero-order chi connectivity index (χ0) is 16.4. The lowest BCUT2D eigenvalue weighted by molar-refractivity contribution is 0.354. The van der Waals surface area contributed by atoms with E-state index >= 15 is 0 Å². The Hall–Kier alpha value is -3.00. The van der Waals surface area contributed by atoms with E-state index in [1.807, 2.05) is 47.9 Å². The van der Waals surface area contributed by atoms with Crippen molar-refractivity contribution in [1.82, 2.24) is 9.38 Å². The number of pyridine rings is 1. The Kier molecular flexibility index (Phi) is 3.90. The number of ether oxygens (including phenoxy) is 2. The van der Waals surface area contributed by atoms with Gasteiger partial charge in [-0.2, -0.15) is 5.26 Å². The molecule has 0 atom stereocenters. The van der Waals surface area contributed by atoms with Crippen molar-refractivity contribution in [2.75, 3.05) is 14.2 Å². The third kappa shape index (κ3) is 2.71. The van der Waals surface area contributed by atoms with Crippen LogP contribution >= 0.6 is 0 Å². The first-order valence-electron chi connectivity index (χ1n) is 7.25. The monoisotopic (exact) mass is 307 g/mol. The quantitative estimate of drug-likeness (QED) is 0.743. The van der Waals surface area contributed by atoms with Crippen LogP contribution in [0.3, 0.4) is 0 Å². The standard InChI is InChI=1S/C18H17N3O2/c1-12-6-7-21-15(11-19)14(20-18(21)8-12)9-13-4-5-16(22-2)17(10-13)23-3/h4-8,10H,9H2,1-3H3. The average Bonchev–Trinajstić information content (AvgIpc) is 2.90. The van der Waals surface area contributed by atoms with Gasteiger partial charge in [0.25, 0.3) is 0 Å². The lowest BCUT2D eigenvalue weighted by Crippen LogP contribution is -1.96. The minimum atomic E-state index is 0.559. The Labute approximate surface area is 134 Å². The molecule has 2 heterocycles. The van der Waals surface area contributed by atoms with Crippen molar-refractivity contribution in [2.45, 2.75) is 13.3 Å². The van der Waals surface area contributed by atoms with Crippen molar-refractivity contribution < 1.29 is 9.47 Å². The Bertz CT molecular complexity index is 907. The van der Waals surface area contributed by atoms with Crippen LogP contribution in [-0.2, 0) is 6.42 Å². The first-order valence-corrected chi connectivity index (χ1v) is 7.25. The van der Waals surface area contributed by atoms with Crippen LogP contribution < -0.4 is 9.47 Å². The fraction of sp³-hybridized carbons (Fsp3) is 0.222. The van der Waals surface area contributed by atoms with Crippen LogP contribution in [0.25, 0.3) is 5.65 Å². The summed E-state index contributed by atoms with van der Waals surface area (Å²) < 4.78 is 12.4. The predicted octanol–water partition coefficient (Wildman–Crippen LogP) is 3.12. The molecule has 0 unspecified atom stereocenters. The number of hydrogen-bond donors (Lipinski definition) is 0. The van der Waals surface area contributed by atoms with Crippen LogP contribution in [0.1, 0.15) is 22.5 Å². The largest absolute Gasteiger partial charge is 0.493 e. The highest BCUT2D eigenvalue weighted by Gasteiger charge is 2.13. The van der Waals surface area contributed by atoms with Gasteiger partial charge in [0.1, 0.15) is 17.4 Å². The van der Waals surface area contributed by atoms with E-state index in [1.165, 1.54) is 0 Å². The number of nitriles is 1. The number of rotatable bonds is 4. The van der Waals surface area contributed by atoms with E-state index in [-0.39, 0.29) is 0 Å². The molecule has 0 aliphatic carbocycles. The molecule has 0 spiro atoms. The summed E-state index contributed by atoms with van der Waals surface area (Å²) in [6.07, 6.45) is 2.44. The Morgan fingerprint density at radius 3 is 2.61 bits per heavy atom. The molecule has 1 aromatic carbocycles. The van der Waals surface area contributed by atoms with Crippen molar-refractivity contribution in [2.24, 2.45) is 0 Å². The second-order valence-electron chi connectivity index (χ2n) is 5.32. The van der Waals surface area contributed by atoms with Crippen LogP contribution in [0.5, 0.6) is 11.5 Å². The summed E-state index contributed by atoms with van der Waals surface area (Å²) in [5.41, 5.74) is 4.24. The highest BCUT2D eigenvalue weighted by Crippen LogP contribution is 2.29. The maximum atomic E-state index is 9.48. The minimum absolute atomic E-state index is 0.559. The lowest BCUT2D eigenvalue weighted by atomic mass is 10.1. The molecule has 3 rings (SSSR count). The summed E-state index contributed by atoms with van der Waals surface area (Å²) in [5, 5.41) is 9.48. The highest BCUT2D eigenvalue weighted by atomic mass is 16.5. The number of aryl methyl sites for hydroxylation is 1. The van der Waals surface area contributed by atoms with Crippen LogP contribution in [0.2, 0.25) is 0 Å². The molecule has 0 aliphatic rings. The molecular formula is C18H17N3O2. The molecule has 0 aliphatic heterocycles. The zero-order valence-electron chi connectivity index (χ0n) is 13.3. The van der Waals surface area contributed by atoms with E-state index in [9.17, 15) is 5.26 Å². The summed E-state index contributed by atoms with van der Waals surface area (Å²) in [7, 11) is 3.21. The molecule has 5 heteroatoms. The van der Waals surface area contributed by atoms with Crippen molar-refractivity contribution in [3.63, 3.8) is 0 Å². The third-order valence-corrected chi connectivity index (χ3v) is 3.78. The molecule has 2 aromatic heterocycles. The predicted molar refractivity (Wildman–Crippen MR) is 87.0 cm³/mol. The van der Waals surface area contributed by atoms with Crippen LogP contribution in [0, 0.1) is 18.3 Å². The van der Waals surface area contributed by atoms with E-state index in [1.54, 1.807) is 14.2 Å². The van der Waals surface area contributed by atoms with Gasteiger partial charge < -0.3 is 9.47 Å². The number of methoxy groups -OCH3 is 2. The number of fused-ring (bicyclic) bond motifs is 1. The van der Waals surface area contributed by atoms with Crippen molar-refractivity contribution in [3.8, 4) is 17.6 Å². The summed E-state index contributed by atoms with van der Waals surface area (Å²) in [4.78, 5) is 4.61. The second kappa shape index (κ2) is 6.01. The molecular weight excluding hydrogens is 290 g/mol. The van der Waals surface area contributed by atoms with Gasteiger partial charge in [-0.05, 0) is 42.3 Å². The van der Waals surface area contributed by atoms with Gasteiger partial charge in [-0.25, -0.2) is 4.98 Å². The summed E-state index contributed by atoms with van der Waals surface area (Å²) >= 11 is 0. The molecule has 0 radical (unpaired) electrons. The van der Waals surface area contributed by atoms with Gasteiger partial charge in [-0.1, -0.05) is 6.07 Å². The smallest absolute Gasteiger partial charge is 0.160 e. The Balaban J connectivity index is 2.03. The van der Waals surface area contributed by atoms with Gasteiger partial charge in [-0.15, -0.1) is 0 Å². The minimum Gasteiger partial charge on any atom is -0.493 e. The van der Waals surface area contributed by atoms with Gasteiger partial charge in [0, 0.05) is 12.6 Å². The van der Waals surface area contributed by atoms with Gasteiger partial charge in [0.15, 0.2) is 11.5 Å². The highest BCUT2D eigenvalue weighted by molar-refractivity contribution is 5.51. The molecule has 0 bridgehead atoms. The molecule has 0 N–H and O–H groups in total. The van der Waals surface area contributed by atoms with Crippen molar-refractivity contribution in [1.29, 1.82) is 5.26 Å². The number of aromatic nitrogens is 2. The van der Waals surface area contributed by atoms with E-state index < -0.39 is 0 Å². The number of hydrogen-bond acceptors (Lipinski definition) is 4. The van der Waals surface area contributed by atoms with Gasteiger partial charge in [0.2, 0.25) is 0 Å². The van der Waals surface area contributed by atoms with Crippen LogP contribution in [0.15, 0.2) is 36.5 Å². The summed E-state index contributed by atoms with van der Waals surface area (Å²) in [6.45, 7) is 2.01. The van der Waals surface area contributed by atoms with E-state index in [2.05, 4.69) is 11.1 Å². The first kappa shape index (κ1) is 14.9. The lowest BCUT2D eigenvalue weighted by Gasteiger charge is -2.09. The van der Waals surface area contributed by atoms with E-state index in [4.69, 9.17) is 9.47 Å². The van der Waals surface area contributed by atoms with E-state index in [0.29, 0.717) is 23.6 Å². The fourth-order valence-electron chi connectivity index (χ4n) is 2.62. The fourth-order valence-corrected chi connectivity index (χ4v) is 2.62. The maximum Gasteiger partial charge on any atom is 0.160 e. The first-order chi connectivity index (χ1) is 11.2. The molecule has 23 heavy (non-hydrogen) atoms. The Morgan fingerprint density at radius 2 is 1.91 bits per heavy atom. The third-order valence-electron chi connectivity index (χ3n) is 3.78. The summed E-state index contributed by atoms with van der Waals surface area (Å²) in [5.74, 6) is 1.35. The molecule has 0 fully saturated rings. The Morgan fingerprint density at radius 1 is 1.13 bits per heavy atom. The van der Waals surface area contributed by atoms with Gasteiger partial charge in [0.05, 0.1) is 19.9 Å². The van der Waals surface area contributed by atoms with Gasteiger partial charge >= 0.3 is 0 Å². The second-order valence-corrected chi connectivity index (χ2v) is 5.32. The zero-order valence-corrected chi connectivity index (χ0v) is 13.3. The number of nitrogens with zero attached hydrogens (tertiary/aromatic N) is 3. The molecule has 0 saturated heterocycles. The maximum absolute atomic E-state index is 9.48. The van der Waals surface area contributed by atoms with Crippen LogP contribution in [-0.4, -0.2) is 23.6 Å². The van der Waals surface area contributed by atoms with E-state index in [0.717, 1.165) is 22.5 Å². The topological polar surface area (TPSA) is 59.5 Å². The molecule has 0 amide bonds. The molecule has 116 valence electrons. The van der Waals surface area contributed by atoms with Crippen LogP contribution in [0.4, 0.5) is 0 Å². The number of imidazole rings is 1. The van der Waals surface area contributed by atoms with Gasteiger partial charge in [-0.3, -0.25) is 4.40 Å². The molecule has 3 aromatic rings. The molecule has 0 saturated carbocycles. The normalized spacial score (nSPS) is 10.5. The SMILES string of the molecule is COc1ccc(Cc2nc3cc(C)ccn3c2C#N)cc1OC. The van der Waals surface area contributed by atoms with Crippen molar-refractivity contribution >= 4 is 5.65 Å². The van der Waals surface area contributed by atoms with Crippen molar-refractivity contribution in [3.05, 3.63) is 59.0 Å².